The number of halogens is 1. The summed E-state index contributed by atoms with van der Waals surface area (Å²) in [7, 11) is -3.67. The first-order chi connectivity index (χ1) is 9.86. The second-order valence-corrected chi connectivity index (χ2v) is 7.46. The van der Waals surface area contributed by atoms with Crippen LogP contribution in [0.3, 0.4) is 0 Å². The Bertz CT molecular complexity index is 594. The van der Waals surface area contributed by atoms with Crippen molar-refractivity contribution < 1.29 is 17.9 Å². The zero-order valence-electron chi connectivity index (χ0n) is 12.0. The predicted molar refractivity (Wildman–Crippen MR) is 78.7 cm³/mol. The molecule has 0 saturated carbocycles. The van der Waals surface area contributed by atoms with E-state index in [1.807, 2.05) is 0 Å². The normalized spacial score (nSPS) is 20.6. The van der Waals surface area contributed by atoms with Crippen molar-refractivity contribution >= 4 is 15.7 Å². The van der Waals surface area contributed by atoms with E-state index in [9.17, 15) is 12.8 Å². The van der Waals surface area contributed by atoms with Crippen molar-refractivity contribution in [3.63, 3.8) is 0 Å². The number of sulfonamides is 1. The van der Waals surface area contributed by atoms with Gasteiger partial charge in [0.15, 0.2) is 0 Å². The molecule has 1 aliphatic heterocycles. The number of nitrogens with two attached hydrogens (primary N) is 1. The summed E-state index contributed by atoms with van der Waals surface area (Å²) in [5.41, 5.74) is 5.60. The number of aliphatic hydroxyl groups is 1. The molecule has 0 bridgehead atoms. The van der Waals surface area contributed by atoms with Crippen LogP contribution in [-0.4, -0.2) is 37.5 Å². The van der Waals surface area contributed by atoms with Crippen LogP contribution < -0.4 is 5.73 Å². The molecular weight excluding hydrogens is 295 g/mol. The Morgan fingerprint density at radius 2 is 2.19 bits per heavy atom. The van der Waals surface area contributed by atoms with Crippen molar-refractivity contribution in [2.24, 2.45) is 5.92 Å². The number of benzene rings is 1. The van der Waals surface area contributed by atoms with Crippen molar-refractivity contribution in [3.05, 3.63) is 23.5 Å². The summed E-state index contributed by atoms with van der Waals surface area (Å²) in [5, 5.41) is 9.00. The minimum atomic E-state index is -3.67. The molecule has 1 heterocycles. The molecule has 1 unspecified atom stereocenters. The molecule has 0 aromatic heterocycles. The average Bonchev–Trinajstić information content (AvgIpc) is 2.45. The number of nitrogen functional groups attached to an aromatic ring is 1. The first-order valence-corrected chi connectivity index (χ1v) is 8.47. The third-order valence-corrected chi connectivity index (χ3v) is 5.76. The summed E-state index contributed by atoms with van der Waals surface area (Å²) >= 11 is 0. The maximum atomic E-state index is 13.5. The van der Waals surface area contributed by atoms with Gasteiger partial charge in [0.25, 0.3) is 0 Å². The summed E-state index contributed by atoms with van der Waals surface area (Å²) in [6.45, 7) is 2.39. The van der Waals surface area contributed by atoms with Crippen molar-refractivity contribution in [1.82, 2.24) is 4.31 Å². The van der Waals surface area contributed by atoms with Gasteiger partial charge in [0.2, 0.25) is 10.0 Å². The summed E-state index contributed by atoms with van der Waals surface area (Å²) < 4.78 is 40.2. The molecule has 0 spiro atoms. The Kier molecular flexibility index (Phi) is 4.85. The first kappa shape index (κ1) is 16.2. The van der Waals surface area contributed by atoms with Crippen LogP contribution in [0.25, 0.3) is 0 Å². The quantitative estimate of drug-likeness (QED) is 0.825. The lowest BCUT2D eigenvalue weighted by Crippen LogP contribution is -2.40. The molecule has 7 heteroatoms. The highest BCUT2D eigenvalue weighted by molar-refractivity contribution is 7.89. The van der Waals surface area contributed by atoms with Gasteiger partial charge in [0.1, 0.15) is 5.82 Å². The molecule has 1 atom stereocenters. The molecule has 1 aromatic rings. The van der Waals surface area contributed by atoms with E-state index in [0.717, 1.165) is 12.8 Å². The number of rotatable bonds is 4. The van der Waals surface area contributed by atoms with Crippen LogP contribution in [0.15, 0.2) is 17.0 Å². The highest BCUT2D eigenvalue weighted by Gasteiger charge is 2.30. The smallest absolute Gasteiger partial charge is 0.243 e. The number of anilines is 1. The molecule has 2 rings (SSSR count). The van der Waals surface area contributed by atoms with E-state index in [1.54, 1.807) is 0 Å². The Morgan fingerprint density at radius 3 is 2.81 bits per heavy atom. The minimum Gasteiger partial charge on any atom is -0.396 e. The summed E-state index contributed by atoms with van der Waals surface area (Å²) in [6, 6.07) is 2.49. The van der Waals surface area contributed by atoms with E-state index >= 15 is 0 Å². The first-order valence-electron chi connectivity index (χ1n) is 7.03. The fraction of sp³-hybridized carbons (Fsp3) is 0.571. The van der Waals surface area contributed by atoms with E-state index in [-0.39, 0.29) is 28.7 Å². The zero-order valence-corrected chi connectivity index (χ0v) is 12.9. The third kappa shape index (κ3) is 3.36. The van der Waals surface area contributed by atoms with E-state index in [4.69, 9.17) is 10.8 Å². The maximum absolute atomic E-state index is 13.5. The topological polar surface area (TPSA) is 83.6 Å². The molecule has 118 valence electrons. The molecule has 1 fully saturated rings. The van der Waals surface area contributed by atoms with Crippen LogP contribution in [0.5, 0.6) is 0 Å². The lowest BCUT2D eigenvalue weighted by Gasteiger charge is -2.31. The van der Waals surface area contributed by atoms with Gasteiger partial charge in [-0.2, -0.15) is 4.31 Å². The second kappa shape index (κ2) is 6.29. The second-order valence-electron chi connectivity index (χ2n) is 5.53. The van der Waals surface area contributed by atoms with Gasteiger partial charge in [-0.25, -0.2) is 12.8 Å². The van der Waals surface area contributed by atoms with Gasteiger partial charge >= 0.3 is 0 Å². The number of hydrogen-bond donors (Lipinski definition) is 2. The molecule has 0 aliphatic carbocycles. The predicted octanol–water partition coefficient (Wildman–Crippen LogP) is 1.50. The van der Waals surface area contributed by atoms with Gasteiger partial charge < -0.3 is 10.8 Å². The third-order valence-electron chi connectivity index (χ3n) is 3.91. The molecule has 1 aromatic carbocycles. The number of aliphatic hydroxyl groups excluding tert-OH is 1. The van der Waals surface area contributed by atoms with Crippen LogP contribution in [0, 0.1) is 18.7 Å². The largest absolute Gasteiger partial charge is 0.396 e. The van der Waals surface area contributed by atoms with Crippen molar-refractivity contribution in [2.75, 3.05) is 25.4 Å². The van der Waals surface area contributed by atoms with E-state index in [0.29, 0.717) is 19.5 Å². The van der Waals surface area contributed by atoms with Crippen molar-refractivity contribution in [2.45, 2.75) is 31.1 Å². The van der Waals surface area contributed by atoms with Crippen LogP contribution >= 0.6 is 0 Å². The summed E-state index contributed by atoms with van der Waals surface area (Å²) in [5.74, 6) is -0.414. The molecule has 0 radical (unpaired) electrons. The SMILES string of the molecule is Cc1cc(S(=O)(=O)N2CCCC(CCO)C2)cc(N)c1F. The van der Waals surface area contributed by atoms with Gasteiger partial charge in [0.05, 0.1) is 10.6 Å². The molecular formula is C14H21FN2O3S. The molecule has 0 amide bonds. The fourth-order valence-electron chi connectivity index (χ4n) is 2.72. The average molecular weight is 316 g/mol. The van der Waals surface area contributed by atoms with Gasteiger partial charge in [-0.3, -0.25) is 0 Å². The highest BCUT2D eigenvalue weighted by atomic mass is 32.2. The maximum Gasteiger partial charge on any atom is 0.243 e. The van der Waals surface area contributed by atoms with Crippen LogP contribution in [0.1, 0.15) is 24.8 Å². The van der Waals surface area contributed by atoms with E-state index < -0.39 is 15.8 Å². The Labute approximate surface area is 124 Å². The van der Waals surface area contributed by atoms with Crippen LogP contribution in [-0.2, 0) is 10.0 Å². The highest BCUT2D eigenvalue weighted by Crippen LogP contribution is 2.28. The monoisotopic (exact) mass is 316 g/mol. The Balaban J connectivity index is 2.29. The van der Waals surface area contributed by atoms with Gasteiger partial charge in [-0.1, -0.05) is 0 Å². The Hall–Kier alpha value is -1.18. The van der Waals surface area contributed by atoms with Gasteiger partial charge in [-0.15, -0.1) is 0 Å². The number of aryl methyl sites for hydroxylation is 1. The van der Waals surface area contributed by atoms with Gasteiger partial charge in [0, 0.05) is 19.7 Å². The standard InChI is InChI=1S/C14H21FN2O3S/c1-10-7-12(8-13(16)14(10)15)21(19,20)17-5-2-3-11(9-17)4-6-18/h7-8,11,18H,2-6,9,16H2,1H3. The lowest BCUT2D eigenvalue weighted by atomic mass is 9.97. The number of hydrogen-bond acceptors (Lipinski definition) is 4. The molecule has 3 N–H and O–H groups in total. The van der Waals surface area contributed by atoms with Crippen LogP contribution in [0.4, 0.5) is 10.1 Å². The molecule has 21 heavy (non-hydrogen) atoms. The van der Waals surface area contributed by atoms with E-state index in [1.165, 1.54) is 23.4 Å². The van der Waals surface area contributed by atoms with Crippen molar-refractivity contribution in [1.29, 1.82) is 0 Å². The zero-order chi connectivity index (χ0) is 15.6. The fourth-order valence-corrected chi connectivity index (χ4v) is 4.40. The van der Waals surface area contributed by atoms with Crippen molar-refractivity contribution in [3.8, 4) is 0 Å². The van der Waals surface area contributed by atoms with Gasteiger partial charge in [-0.05, 0) is 49.8 Å². The number of nitrogens with zero attached hydrogens (tertiary/aromatic N) is 1. The molecule has 1 saturated heterocycles. The lowest BCUT2D eigenvalue weighted by molar-refractivity contribution is 0.203. The van der Waals surface area contributed by atoms with Crippen LogP contribution in [0.2, 0.25) is 0 Å². The number of piperidine rings is 1. The summed E-state index contributed by atoms with van der Waals surface area (Å²) in [4.78, 5) is 0.0311. The summed E-state index contributed by atoms with van der Waals surface area (Å²) in [6.07, 6.45) is 2.27. The molecule has 5 nitrogen and oxygen atoms in total. The Morgan fingerprint density at radius 1 is 1.48 bits per heavy atom. The molecule has 1 aliphatic rings. The minimum absolute atomic E-state index is 0.0311. The van der Waals surface area contributed by atoms with E-state index in [2.05, 4.69) is 0 Å².